The molecule has 0 amide bonds. The van der Waals surface area contributed by atoms with Gasteiger partial charge in [-0.25, -0.2) is 0 Å². The van der Waals surface area contributed by atoms with Crippen LogP contribution in [0.1, 0.15) is 0 Å². The highest BCUT2D eigenvalue weighted by molar-refractivity contribution is 14.2. The van der Waals surface area contributed by atoms with Gasteiger partial charge >= 0.3 is 0 Å². The Labute approximate surface area is 894 Å². The molecule has 0 aromatic heterocycles. The van der Waals surface area contributed by atoms with Crippen molar-refractivity contribution in [1.82, 2.24) is 0 Å². The smallest absolute Gasteiger partial charge is 0.0451 e. The molecule has 0 heterocycles. The summed E-state index contributed by atoms with van der Waals surface area (Å²) in [6.45, 7) is 0. The number of hydrogen-bond acceptors (Lipinski definition) is 66. The average molecular weight is 3270 g/mol. The van der Waals surface area contributed by atoms with Gasteiger partial charge in [0.2, 0.25) is 0 Å². The minimum atomic E-state index is -4.21. The Morgan fingerprint density at radius 3 is 0.242 bits per heavy atom. The highest BCUT2D eigenvalue weighted by atomic mass is 127. The monoisotopic (exact) mass is 3260 g/mol. The topological polar surface area (TPSA) is 0 Å². The maximum absolute atomic E-state index is 6.23. The van der Waals surface area contributed by atoms with E-state index in [2.05, 4.69) is 11.7 Å². The lowest BCUT2D eigenvalue weighted by atomic mass is 29.7. The lowest BCUT2D eigenvalue weighted by Gasteiger charge is -2.37. The third kappa shape index (κ3) is 19.7. The summed E-state index contributed by atoms with van der Waals surface area (Å²) in [5, 5.41) is -122. The van der Waals surface area contributed by atoms with Gasteiger partial charge in [-0.05, 0) is 726 Å². The van der Waals surface area contributed by atoms with Crippen molar-refractivity contribution in [3.05, 3.63) is 0 Å². The molecule has 0 aliphatic heterocycles. The zero-order valence-electron chi connectivity index (χ0n) is 40.4. The number of rotatable bonds is 32. The van der Waals surface area contributed by atoms with Crippen LogP contribution in [-0.4, -0.2) is 0 Å². The van der Waals surface area contributed by atoms with Crippen molar-refractivity contribution in [3.8, 4) is 0 Å². The molecule has 0 saturated heterocycles. The van der Waals surface area contributed by atoms with Crippen molar-refractivity contribution in [1.29, 1.82) is 0 Å². The van der Waals surface area contributed by atoms with Gasteiger partial charge in [0.05, 0.1) is 0 Å². The highest BCUT2D eigenvalue weighted by Crippen LogP contribution is 2.47. The van der Waals surface area contributed by atoms with Crippen LogP contribution in [0, 0.1) is 0 Å². The lowest BCUT2D eigenvalue weighted by molar-refractivity contribution is 4.96. The first-order valence-electron chi connectivity index (χ1n) is 16.3. The summed E-state index contributed by atoms with van der Waals surface area (Å²) in [7, 11) is 0.708. The zero-order valence-corrected chi connectivity index (χ0v) is 123. The summed E-state index contributed by atoms with van der Waals surface area (Å²) >= 11 is 395. The van der Waals surface area contributed by atoms with Crippen LogP contribution < -0.4 is 0 Å². The zero-order chi connectivity index (χ0) is 82.7. The summed E-state index contributed by atoms with van der Waals surface area (Å²) in [5.41, 5.74) is 0. The quantitative estimate of drug-likeness (QED) is 0.0450. The second-order valence-corrected chi connectivity index (χ2v) is 361. The Balaban J connectivity index is 8.83. The summed E-state index contributed by atoms with van der Waals surface area (Å²) < 4.78 is -2.77. The Morgan fingerprint density at radius 1 is 0.121 bits per heavy atom. The molecular formula is HIS98. The second kappa shape index (κ2) is 39.5. The van der Waals surface area contributed by atoms with E-state index in [9.17, 15) is 0 Å². The molecule has 596 valence electrons. The first-order valence-corrected chi connectivity index (χ1v) is 149. The summed E-state index contributed by atoms with van der Waals surface area (Å²) in [5.74, 6) is 0. The van der Waals surface area contributed by atoms with Crippen molar-refractivity contribution in [2.45, 2.75) is 0 Å². The molecule has 0 aromatic carbocycles. The highest BCUT2D eigenvalue weighted by Gasteiger charge is 2.50. The van der Waals surface area contributed by atoms with Gasteiger partial charge in [-0.2, -0.15) is 0 Å². The molecule has 0 atom stereocenters. The van der Waals surface area contributed by atoms with E-state index < -0.39 is 165 Å². The van der Waals surface area contributed by atoms with E-state index in [1.807, 2.05) is 0 Å². The van der Waals surface area contributed by atoms with Crippen molar-refractivity contribution >= 4 is 924 Å². The molecule has 0 rings (SSSR count). The Morgan fingerprint density at radius 2 is 0.182 bits per heavy atom. The van der Waals surface area contributed by atoms with E-state index in [-0.39, 0.29) is 0 Å². The summed E-state index contributed by atoms with van der Waals surface area (Å²) in [6.07, 6.45) is 0. The van der Waals surface area contributed by atoms with Gasteiger partial charge in [-0.3, -0.25) is 0 Å². The van der Waals surface area contributed by atoms with Crippen LogP contribution in [0.4, 0.5) is 0 Å². The molecule has 0 spiro atoms. The molecule has 0 N–H and O–H groups in total. The number of halogens is 1. The fourth-order valence-corrected chi connectivity index (χ4v) is 762. The Hall–Kier alpha value is 26.7. The van der Waals surface area contributed by atoms with Crippen LogP contribution in [-0.2, 0) is 881 Å². The van der Waals surface area contributed by atoms with E-state index in [1.165, 1.54) is 0 Å². The predicted octanol–water partition coefficient (Wildman–Crippen LogP) is 1.68. The van der Waals surface area contributed by atoms with Crippen LogP contribution in [0.5, 0.6) is 0 Å². The molecule has 99 heavy (non-hydrogen) atoms. The van der Waals surface area contributed by atoms with Crippen molar-refractivity contribution in [3.63, 3.8) is 0 Å². The normalized spacial score (nSPS) is 17.0. The molecule has 0 aliphatic rings. The third-order valence-electron chi connectivity index (χ3n) is 7.84. The van der Waals surface area contributed by atoms with Crippen molar-refractivity contribution < 1.29 is 0 Å². The van der Waals surface area contributed by atoms with Crippen LogP contribution in [0.25, 0.3) is 0 Å². The van der Waals surface area contributed by atoms with Crippen LogP contribution in [0.2, 0.25) is 0 Å². The van der Waals surface area contributed by atoms with Gasteiger partial charge in [-0.15, -0.1) is 0 Å². The first-order chi connectivity index (χ1) is 41.3. The van der Waals surface area contributed by atoms with E-state index in [4.69, 9.17) is 716 Å². The molecule has 0 aromatic rings. The van der Waals surface area contributed by atoms with Crippen LogP contribution >= 0.6 is 42.7 Å². The van der Waals surface area contributed by atoms with Crippen LogP contribution in [0.3, 0.4) is 0 Å². The van der Waals surface area contributed by atoms with Gasteiger partial charge in [-0.1, -0.05) is 11.7 Å². The molecule has 0 fully saturated rings. The third-order valence-corrected chi connectivity index (χ3v) is 642. The largest absolute Gasteiger partial charge is 0.0983 e. The van der Waals surface area contributed by atoms with E-state index in [0.717, 1.165) is 0 Å². The second-order valence-electron chi connectivity index (χ2n) is 13.1. The molecule has 0 nitrogen and oxygen atoms in total. The lowest BCUT2D eigenvalue weighted by Crippen LogP contribution is -2.41. The van der Waals surface area contributed by atoms with Crippen molar-refractivity contribution in [2.24, 2.45) is 0 Å². The molecule has 0 saturated carbocycles. The standard InChI is InChI=1S/HIS98/c1-68(3,4)70(7,8)72(11,12)74(15,16)76(19,20)78(23,24)80(27,28)82(31,32)84(35,36)86(39,40)88(43,44)90(47,48)92(51,52)94(55,56)96(59,60)98(63,64)99(65,66)97(61,62)95(57,58)93(53,54)91(49,50)89(45,46)87(41,42)85(37,38)83(33,34)81(29,30)79(25,26)77(21,22)75(17,18)73(13,14)71(9,10)69(5,6)67-2/h2H. The van der Waals surface area contributed by atoms with E-state index in [0.29, 0.717) is 9.83 Å². The minimum absolute atomic E-state index is 0.708. The minimum Gasteiger partial charge on any atom is -0.0983 e. The van der Waals surface area contributed by atoms with Crippen molar-refractivity contribution in [2.75, 3.05) is 0 Å². The fraction of sp³-hybridized carbons (Fsp3) is 0. The van der Waals surface area contributed by atoms with Gasteiger partial charge in [0.25, 0.3) is 0 Å². The number of thiol groups is 1. The number of hydrogen-bond donors (Lipinski definition) is 1. The average Bonchev–Trinajstić information content (AvgIpc) is 0.685. The predicted molar refractivity (Wildman–Crippen MR) is 738 cm³/mol. The molecule has 0 bridgehead atoms. The van der Waals surface area contributed by atoms with Gasteiger partial charge in [0, 0.05) is 186 Å². The Kier molecular flexibility index (Phi) is 50.2. The fourth-order valence-electron chi connectivity index (χ4n) is 3.10. The van der Waals surface area contributed by atoms with Gasteiger partial charge in [0.1, 0.15) is 0 Å². The summed E-state index contributed by atoms with van der Waals surface area (Å²) in [6, 6.07) is 0. The maximum atomic E-state index is 6.23. The SMILES string of the molecule is S=S(=S)(I)S(=S)(=S)S(=S)(=S)S(=S)(=S)S(=S)(=S)S(=S)(=S)S(=S)(=S)S(=S)(=S)S(=S)(=S)S(=S)(=S)S(=S)(=S)S(=S)(=S)S(=S)(=S)S(=S)(=S)S(=S)(=S)S(=S)(=S)S(=S)(=S)S(=S)(=S)S(=S)(=S)S(=S)(=S)S(=S)(=S)S(=S)(=S)S(=S)(=S)S(=S)(=S)S(=S)(=S)S(=S)(=S)S(=S)(=S)S(=S)(=S)S(=S)(=S)S(=S)(=S)S(=S)(=S)S(=S)(=S)SS. The maximum Gasteiger partial charge on any atom is 0.0451 e. The van der Waals surface area contributed by atoms with E-state index in [1.54, 1.807) is 21.2 Å². The Bertz CT molecular complexity index is 7750. The van der Waals surface area contributed by atoms with Gasteiger partial charge < -0.3 is 0 Å². The molecule has 99 heteroatoms. The van der Waals surface area contributed by atoms with Gasteiger partial charge in [0.15, 0.2) is 0 Å². The molecule has 0 radical (unpaired) electrons. The molecule has 0 aliphatic carbocycles. The summed E-state index contributed by atoms with van der Waals surface area (Å²) in [4.78, 5) is 0. The van der Waals surface area contributed by atoms with E-state index >= 15 is 0 Å². The molecular weight excluding hydrogens is 3270 g/mol. The molecule has 0 unspecified atom stereocenters. The first kappa shape index (κ1) is 126. The van der Waals surface area contributed by atoms with Crippen LogP contribution in [0.15, 0.2) is 0 Å².